The van der Waals surface area contributed by atoms with Crippen molar-refractivity contribution in [2.45, 2.75) is 50.2 Å². The maximum absolute atomic E-state index is 11.7. The normalized spacial score (nSPS) is 36.6. The molecule has 3 nitrogen and oxygen atoms in total. The molecule has 92 valence electrons. The summed E-state index contributed by atoms with van der Waals surface area (Å²) < 4.78 is 23.1. The molecule has 0 aromatic carbocycles. The average Bonchev–Trinajstić information content (AvgIpc) is 2.63. The zero-order chi connectivity index (χ0) is 11.8. The van der Waals surface area contributed by atoms with Gasteiger partial charge in [-0.2, -0.15) is 0 Å². The smallest absolute Gasteiger partial charge is 0.150 e. The molecular formula is C12H20O3S. The van der Waals surface area contributed by atoms with Crippen molar-refractivity contribution < 1.29 is 13.2 Å². The SMILES string of the molecule is CS(=O)(=O)C1CCCC(C2CCCC2=O)C1. The molecule has 4 heteroatoms. The highest BCUT2D eigenvalue weighted by atomic mass is 32.2. The number of carbonyl (C=O) groups is 1. The minimum absolute atomic E-state index is 0.171. The number of hydrogen-bond donors (Lipinski definition) is 0. The Bertz CT molecular complexity index is 372. The summed E-state index contributed by atoms with van der Waals surface area (Å²) in [6, 6.07) is 0. The fraction of sp³-hybridized carbons (Fsp3) is 0.917. The maximum atomic E-state index is 11.7. The van der Waals surface area contributed by atoms with Crippen molar-refractivity contribution in [1.82, 2.24) is 0 Å². The molecule has 16 heavy (non-hydrogen) atoms. The molecule has 2 aliphatic rings. The van der Waals surface area contributed by atoms with Gasteiger partial charge in [0.15, 0.2) is 0 Å². The summed E-state index contributed by atoms with van der Waals surface area (Å²) in [6.45, 7) is 0. The Morgan fingerprint density at radius 2 is 1.88 bits per heavy atom. The van der Waals surface area contributed by atoms with Crippen molar-refractivity contribution in [2.75, 3.05) is 6.26 Å². The molecule has 2 saturated carbocycles. The zero-order valence-electron chi connectivity index (χ0n) is 9.81. The summed E-state index contributed by atoms with van der Waals surface area (Å²) in [5, 5.41) is -0.195. The number of Topliss-reactive ketones (excluding diaryl/α,β-unsaturated/α-hetero) is 1. The van der Waals surface area contributed by atoms with Crippen LogP contribution in [0.25, 0.3) is 0 Å². The summed E-state index contributed by atoms with van der Waals surface area (Å²) in [5.41, 5.74) is 0. The topological polar surface area (TPSA) is 51.2 Å². The molecule has 0 aromatic rings. The molecule has 0 saturated heterocycles. The zero-order valence-corrected chi connectivity index (χ0v) is 10.6. The highest BCUT2D eigenvalue weighted by molar-refractivity contribution is 7.91. The predicted octanol–water partition coefficient (Wildman–Crippen LogP) is 1.96. The van der Waals surface area contributed by atoms with Crippen molar-refractivity contribution >= 4 is 15.6 Å². The van der Waals surface area contributed by atoms with Crippen LogP contribution in [0.15, 0.2) is 0 Å². The van der Waals surface area contributed by atoms with E-state index in [2.05, 4.69) is 0 Å². The van der Waals surface area contributed by atoms with Crippen molar-refractivity contribution in [3.05, 3.63) is 0 Å². The van der Waals surface area contributed by atoms with E-state index in [-0.39, 0.29) is 11.2 Å². The van der Waals surface area contributed by atoms with Gasteiger partial charge in [-0.3, -0.25) is 4.79 Å². The molecule has 2 aliphatic carbocycles. The molecule has 0 heterocycles. The van der Waals surface area contributed by atoms with Crippen molar-refractivity contribution in [2.24, 2.45) is 11.8 Å². The van der Waals surface area contributed by atoms with Crippen LogP contribution in [-0.2, 0) is 14.6 Å². The first-order valence-electron chi connectivity index (χ1n) is 6.20. The molecule has 0 radical (unpaired) electrons. The van der Waals surface area contributed by atoms with E-state index in [1.54, 1.807) is 0 Å². The van der Waals surface area contributed by atoms with Gasteiger partial charge >= 0.3 is 0 Å². The fourth-order valence-corrected chi connectivity index (χ4v) is 4.47. The van der Waals surface area contributed by atoms with Crippen LogP contribution in [0.4, 0.5) is 0 Å². The molecule has 0 N–H and O–H groups in total. The summed E-state index contributed by atoms with van der Waals surface area (Å²) in [6.07, 6.45) is 7.55. The molecule has 3 unspecified atom stereocenters. The van der Waals surface area contributed by atoms with E-state index in [9.17, 15) is 13.2 Å². The Balaban J connectivity index is 2.04. The van der Waals surface area contributed by atoms with Gasteiger partial charge in [-0.15, -0.1) is 0 Å². The number of ketones is 1. The minimum atomic E-state index is -2.92. The standard InChI is InChI=1S/C12H20O3S/c1-16(14,15)10-5-2-4-9(8-10)11-6-3-7-12(11)13/h9-11H,2-8H2,1H3. The van der Waals surface area contributed by atoms with E-state index in [4.69, 9.17) is 0 Å². The van der Waals surface area contributed by atoms with Gasteiger partial charge in [-0.05, 0) is 38.0 Å². The Morgan fingerprint density at radius 1 is 1.12 bits per heavy atom. The van der Waals surface area contributed by atoms with Crippen LogP contribution < -0.4 is 0 Å². The van der Waals surface area contributed by atoms with Crippen molar-refractivity contribution in [3.8, 4) is 0 Å². The first-order chi connectivity index (χ1) is 7.48. The fourth-order valence-electron chi connectivity index (χ4n) is 3.28. The molecule has 0 aliphatic heterocycles. The lowest BCUT2D eigenvalue weighted by atomic mass is 9.78. The van der Waals surface area contributed by atoms with Gasteiger partial charge in [0, 0.05) is 18.6 Å². The number of sulfone groups is 1. The number of hydrogen-bond acceptors (Lipinski definition) is 3. The van der Waals surface area contributed by atoms with Gasteiger partial charge in [-0.1, -0.05) is 6.42 Å². The largest absolute Gasteiger partial charge is 0.299 e. The second-order valence-electron chi connectivity index (χ2n) is 5.34. The quantitative estimate of drug-likeness (QED) is 0.746. The molecule has 2 rings (SSSR count). The van der Waals surface area contributed by atoms with E-state index >= 15 is 0 Å². The van der Waals surface area contributed by atoms with Crippen molar-refractivity contribution in [1.29, 1.82) is 0 Å². The van der Waals surface area contributed by atoms with E-state index in [1.165, 1.54) is 6.26 Å². The summed E-state index contributed by atoms with van der Waals surface area (Å²) in [4.78, 5) is 11.7. The monoisotopic (exact) mass is 244 g/mol. The Hall–Kier alpha value is -0.380. The summed E-state index contributed by atoms with van der Waals surface area (Å²) >= 11 is 0. The summed E-state index contributed by atoms with van der Waals surface area (Å²) in [7, 11) is -2.92. The van der Waals surface area contributed by atoms with Gasteiger partial charge < -0.3 is 0 Å². The summed E-state index contributed by atoms with van der Waals surface area (Å²) in [5.74, 6) is 0.882. The lowest BCUT2D eigenvalue weighted by molar-refractivity contribution is -0.122. The Kier molecular flexibility index (Phi) is 3.38. The van der Waals surface area contributed by atoms with Crippen LogP contribution in [0.3, 0.4) is 0 Å². The average molecular weight is 244 g/mol. The Labute approximate surface area is 97.5 Å². The van der Waals surface area contributed by atoms with Gasteiger partial charge in [0.2, 0.25) is 0 Å². The number of carbonyl (C=O) groups excluding carboxylic acids is 1. The second kappa shape index (κ2) is 4.47. The Morgan fingerprint density at radius 3 is 2.44 bits per heavy atom. The van der Waals surface area contributed by atoms with Gasteiger partial charge in [0.1, 0.15) is 15.6 Å². The van der Waals surface area contributed by atoms with E-state index < -0.39 is 9.84 Å². The first kappa shape index (κ1) is 12.1. The van der Waals surface area contributed by atoms with E-state index in [0.717, 1.165) is 38.5 Å². The van der Waals surface area contributed by atoms with Crippen molar-refractivity contribution in [3.63, 3.8) is 0 Å². The van der Waals surface area contributed by atoms with Crippen LogP contribution in [0.5, 0.6) is 0 Å². The lowest BCUT2D eigenvalue weighted by Gasteiger charge is -2.31. The van der Waals surface area contributed by atoms with Gasteiger partial charge in [0.25, 0.3) is 0 Å². The molecule has 0 aromatic heterocycles. The van der Waals surface area contributed by atoms with Crippen LogP contribution in [0.2, 0.25) is 0 Å². The third-order valence-electron chi connectivity index (χ3n) is 4.19. The molecule has 2 fully saturated rings. The van der Waals surface area contributed by atoms with Crippen LogP contribution >= 0.6 is 0 Å². The highest BCUT2D eigenvalue weighted by Crippen LogP contribution is 2.39. The maximum Gasteiger partial charge on any atom is 0.150 e. The molecule has 0 bridgehead atoms. The van der Waals surface area contributed by atoms with E-state index in [1.807, 2.05) is 0 Å². The minimum Gasteiger partial charge on any atom is -0.299 e. The lowest BCUT2D eigenvalue weighted by Crippen LogP contribution is -2.32. The molecule has 0 amide bonds. The van der Waals surface area contributed by atoms with Crippen LogP contribution in [-0.4, -0.2) is 25.7 Å². The molecule has 3 atom stereocenters. The van der Waals surface area contributed by atoms with Crippen LogP contribution in [0, 0.1) is 11.8 Å². The molecule has 0 spiro atoms. The highest BCUT2D eigenvalue weighted by Gasteiger charge is 2.37. The number of rotatable bonds is 2. The van der Waals surface area contributed by atoms with Gasteiger partial charge in [-0.25, -0.2) is 8.42 Å². The first-order valence-corrected chi connectivity index (χ1v) is 8.15. The van der Waals surface area contributed by atoms with Gasteiger partial charge in [0.05, 0.1) is 5.25 Å². The second-order valence-corrected chi connectivity index (χ2v) is 7.67. The predicted molar refractivity (Wildman–Crippen MR) is 62.9 cm³/mol. The van der Waals surface area contributed by atoms with Crippen LogP contribution in [0.1, 0.15) is 44.9 Å². The molecular weight excluding hydrogens is 224 g/mol. The third-order valence-corrected chi connectivity index (χ3v) is 5.83. The van der Waals surface area contributed by atoms with E-state index in [0.29, 0.717) is 18.1 Å². The third kappa shape index (κ3) is 2.47.